The first kappa shape index (κ1) is 15.8. The van der Waals surface area contributed by atoms with E-state index < -0.39 is 10.0 Å². The van der Waals surface area contributed by atoms with E-state index in [4.69, 9.17) is 20.6 Å². The predicted molar refractivity (Wildman–Crippen MR) is 80.3 cm³/mol. The number of carbonyl (C=O) groups is 1. The normalized spacial score (nSPS) is 13.2. The minimum absolute atomic E-state index is 0.132. The molecule has 0 aliphatic rings. The minimum Gasteiger partial charge on any atom is -0.497 e. The number of methoxy groups -OCH3 is 2. The van der Waals surface area contributed by atoms with Crippen molar-refractivity contribution in [3.63, 3.8) is 0 Å². The largest absolute Gasteiger partial charge is 0.497 e. The molecule has 2 atom stereocenters. The number of benzene rings is 1. The van der Waals surface area contributed by atoms with Gasteiger partial charge in [0, 0.05) is 0 Å². The molecular weight excluding hydrogens is 359 g/mol. The summed E-state index contributed by atoms with van der Waals surface area (Å²) in [5.74, 6) is 2.79. The number of carbonyl (C=O) groups excluding carboxylic acids is 1. The molecule has 0 bridgehead atoms. The van der Waals surface area contributed by atoms with Gasteiger partial charge in [-0.05, 0) is 17.7 Å². The number of ether oxygens (including phenoxy) is 3. The van der Waals surface area contributed by atoms with E-state index in [2.05, 4.69) is 5.92 Å². The van der Waals surface area contributed by atoms with Crippen molar-refractivity contribution in [1.82, 2.24) is 0 Å². The molecule has 0 aliphatic carbocycles. The summed E-state index contributed by atoms with van der Waals surface area (Å²) in [5, 5.41) is 0. The lowest BCUT2D eigenvalue weighted by Gasteiger charge is -2.21. The Morgan fingerprint density at radius 3 is 2.47 bits per heavy atom. The van der Waals surface area contributed by atoms with Crippen LogP contribution in [0, 0.1) is 12.3 Å². The third-order valence-corrected chi connectivity index (χ3v) is 3.64. The Labute approximate surface area is 126 Å². The second kappa shape index (κ2) is 8.02. The molecule has 0 aliphatic heterocycles. The summed E-state index contributed by atoms with van der Waals surface area (Å²) < 4.78 is 14.9. The minimum atomic E-state index is -0.468. The van der Waals surface area contributed by atoms with Crippen molar-refractivity contribution in [2.45, 2.75) is 10.0 Å². The molecule has 5 heteroatoms. The van der Waals surface area contributed by atoms with Crippen molar-refractivity contribution in [1.29, 1.82) is 0 Å². The molecule has 1 aromatic carbocycles. The monoisotopic (exact) mass is 374 g/mol. The van der Waals surface area contributed by atoms with Crippen molar-refractivity contribution in [3.05, 3.63) is 29.8 Å². The van der Waals surface area contributed by atoms with E-state index in [0.717, 1.165) is 11.3 Å². The third-order valence-electron chi connectivity index (χ3n) is 2.48. The van der Waals surface area contributed by atoms with E-state index in [-0.39, 0.29) is 12.6 Å². The first-order chi connectivity index (χ1) is 9.13. The molecule has 4 nitrogen and oxygen atoms in total. The fourth-order valence-corrected chi connectivity index (χ4v) is 2.39. The van der Waals surface area contributed by atoms with Gasteiger partial charge in [0.25, 0.3) is 0 Å². The van der Waals surface area contributed by atoms with Crippen LogP contribution in [0.3, 0.4) is 0 Å². The fraction of sp³-hybridized carbons (Fsp3) is 0.357. The molecule has 0 radical (unpaired) electrons. The van der Waals surface area contributed by atoms with Crippen LogP contribution in [0.5, 0.6) is 5.75 Å². The van der Waals surface area contributed by atoms with Crippen LogP contribution in [0.25, 0.3) is 0 Å². The summed E-state index contributed by atoms with van der Waals surface area (Å²) in [7, 11) is 2.94. The highest BCUT2D eigenvalue weighted by Gasteiger charge is 2.28. The third kappa shape index (κ3) is 4.40. The molecule has 0 saturated heterocycles. The van der Waals surface area contributed by atoms with E-state index in [1.54, 1.807) is 7.11 Å². The summed E-state index contributed by atoms with van der Waals surface area (Å²) in [5.41, 5.74) is 0.848. The number of alkyl halides is 1. The van der Waals surface area contributed by atoms with Gasteiger partial charge < -0.3 is 14.2 Å². The Kier molecular flexibility index (Phi) is 6.67. The molecule has 0 spiro atoms. The molecule has 2 unspecified atom stereocenters. The van der Waals surface area contributed by atoms with E-state index in [1.165, 1.54) is 7.11 Å². The number of halogens is 1. The predicted octanol–water partition coefficient (Wildman–Crippen LogP) is 2.36. The summed E-state index contributed by atoms with van der Waals surface area (Å²) in [6.45, 7) is 0.132. The summed E-state index contributed by atoms with van der Waals surface area (Å²) in [6.07, 6.45) is 4.75. The molecule has 0 aromatic heterocycles. The highest BCUT2D eigenvalue weighted by atomic mass is 127. The Morgan fingerprint density at radius 1 is 1.37 bits per heavy atom. The van der Waals surface area contributed by atoms with Crippen LogP contribution >= 0.6 is 22.6 Å². The van der Waals surface area contributed by atoms with Crippen LogP contribution in [0.4, 0.5) is 0 Å². The Balaban J connectivity index is 2.94. The van der Waals surface area contributed by atoms with Gasteiger partial charge in [-0.25, -0.2) is 0 Å². The van der Waals surface area contributed by atoms with Crippen molar-refractivity contribution in [2.24, 2.45) is 0 Å². The number of rotatable bonds is 6. The number of hydrogen-bond acceptors (Lipinski definition) is 4. The maximum absolute atomic E-state index is 11.6. The average molecular weight is 374 g/mol. The van der Waals surface area contributed by atoms with Crippen LogP contribution < -0.4 is 4.74 Å². The average Bonchev–Trinajstić information content (AvgIpc) is 2.47. The zero-order valence-electron chi connectivity index (χ0n) is 10.8. The van der Waals surface area contributed by atoms with Gasteiger partial charge in [0.05, 0.1) is 14.2 Å². The molecular formula is C14H15IO4. The lowest BCUT2D eigenvalue weighted by atomic mass is 10.1. The Morgan fingerprint density at radius 2 is 2.00 bits per heavy atom. The zero-order chi connectivity index (χ0) is 14.3. The van der Waals surface area contributed by atoms with Gasteiger partial charge in [-0.15, -0.1) is 6.42 Å². The van der Waals surface area contributed by atoms with Crippen molar-refractivity contribution >= 4 is 28.6 Å². The van der Waals surface area contributed by atoms with E-state index in [1.807, 2.05) is 46.9 Å². The van der Waals surface area contributed by atoms with Crippen LogP contribution in [-0.4, -0.2) is 30.7 Å². The number of hydrogen-bond donors (Lipinski definition) is 0. The SMILES string of the molecule is C#CCOC(c1ccc(OC)cc1)C(I)C(=O)OC. The fourth-order valence-electron chi connectivity index (χ4n) is 1.52. The highest BCUT2D eigenvalue weighted by Crippen LogP contribution is 2.29. The van der Waals surface area contributed by atoms with Gasteiger partial charge in [-0.2, -0.15) is 0 Å². The molecule has 1 rings (SSSR count). The van der Waals surface area contributed by atoms with Crippen molar-refractivity contribution < 1.29 is 19.0 Å². The summed E-state index contributed by atoms with van der Waals surface area (Å²) >= 11 is 1.99. The van der Waals surface area contributed by atoms with Crippen LogP contribution in [0.15, 0.2) is 24.3 Å². The molecule has 0 N–H and O–H groups in total. The maximum Gasteiger partial charge on any atom is 0.321 e. The first-order valence-corrected chi connectivity index (χ1v) is 6.79. The molecule has 0 saturated carbocycles. The van der Waals surface area contributed by atoms with Gasteiger partial charge in [0.15, 0.2) is 0 Å². The lowest BCUT2D eigenvalue weighted by molar-refractivity contribution is -0.142. The van der Waals surface area contributed by atoms with Crippen molar-refractivity contribution in [3.8, 4) is 18.1 Å². The quantitative estimate of drug-likeness (QED) is 0.332. The van der Waals surface area contributed by atoms with Crippen LogP contribution in [-0.2, 0) is 14.3 Å². The molecule has 0 fully saturated rings. The Bertz CT molecular complexity index is 450. The van der Waals surface area contributed by atoms with Crippen LogP contribution in [0.1, 0.15) is 11.7 Å². The standard InChI is InChI=1S/C14H15IO4/c1-4-9-19-13(12(15)14(16)18-3)10-5-7-11(17-2)8-6-10/h1,5-8,12-13H,9H2,2-3H3. The van der Waals surface area contributed by atoms with Gasteiger partial charge in [-0.1, -0.05) is 40.6 Å². The highest BCUT2D eigenvalue weighted by molar-refractivity contribution is 14.1. The Hall–Kier alpha value is -1.26. The number of esters is 1. The number of terminal acetylenes is 1. The smallest absolute Gasteiger partial charge is 0.321 e. The van der Waals surface area contributed by atoms with Gasteiger partial charge in [0.1, 0.15) is 22.4 Å². The summed E-state index contributed by atoms with van der Waals surface area (Å²) in [4.78, 5) is 11.6. The molecule has 102 valence electrons. The maximum atomic E-state index is 11.6. The van der Waals surface area contributed by atoms with E-state index >= 15 is 0 Å². The van der Waals surface area contributed by atoms with Crippen LogP contribution in [0.2, 0.25) is 0 Å². The second-order valence-corrected chi connectivity index (χ2v) is 4.98. The molecule has 0 heterocycles. The van der Waals surface area contributed by atoms with Gasteiger partial charge in [-0.3, -0.25) is 4.79 Å². The van der Waals surface area contributed by atoms with Gasteiger partial charge >= 0.3 is 5.97 Å². The summed E-state index contributed by atoms with van der Waals surface area (Å²) in [6, 6.07) is 7.30. The molecule has 19 heavy (non-hydrogen) atoms. The second-order valence-electron chi connectivity index (χ2n) is 3.63. The first-order valence-electron chi connectivity index (χ1n) is 5.55. The molecule has 1 aromatic rings. The zero-order valence-corrected chi connectivity index (χ0v) is 12.9. The molecule has 0 amide bonds. The lowest BCUT2D eigenvalue weighted by Crippen LogP contribution is -2.25. The topological polar surface area (TPSA) is 44.8 Å². The van der Waals surface area contributed by atoms with E-state index in [0.29, 0.717) is 0 Å². The van der Waals surface area contributed by atoms with E-state index in [9.17, 15) is 4.79 Å². The van der Waals surface area contributed by atoms with Crippen molar-refractivity contribution in [2.75, 3.05) is 20.8 Å². The van der Waals surface area contributed by atoms with Gasteiger partial charge in [0.2, 0.25) is 0 Å².